The second kappa shape index (κ2) is 3.46. The molecule has 70 valence electrons. The van der Waals surface area contributed by atoms with Crippen LogP contribution >= 0.6 is 0 Å². The summed E-state index contributed by atoms with van der Waals surface area (Å²) in [4.78, 5) is 0. The topological polar surface area (TPSA) is 35.1 Å². The van der Waals surface area contributed by atoms with E-state index in [1.165, 1.54) is 0 Å². The molecule has 1 saturated heterocycles. The van der Waals surface area contributed by atoms with Crippen molar-refractivity contribution in [3.05, 3.63) is 41.1 Å². The Morgan fingerprint density at radius 2 is 2.08 bits per heavy atom. The first-order chi connectivity index (χ1) is 6.29. The van der Waals surface area contributed by atoms with Gasteiger partial charge in [-0.1, -0.05) is 30.3 Å². The van der Waals surface area contributed by atoms with Gasteiger partial charge in [0.15, 0.2) is 0 Å². The Morgan fingerprint density at radius 3 is 2.69 bits per heavy atom. The molecule has 0 aromatic heterocycles. The fraction of sp³-hybridized carbons (Fsp3) is 0.400. The van der Waals surface area contributed by atoms with Gasteiger partial charge in [0.25, 0.3) is 0 Å². The summed E-state index contributed by atoms with van der Waals surface area (Å²) in [6.45, 7) is 2.67. The lowest BCUT2D eigenvalue weighted by atomic mass is 10.2. The van der Waals surface area contributed by atoms with Crippen LogP contribution in [0.1, 0.15) is 5.56 Å². The number of hydrogen-bond donors (Lipinski definition) is 1. The van der Waals surface area contributed by atoms with E-state index in [1.54, 1.807) is 0 Å². The molecule has 1 heterocycles. The molecule has 0 saturated carbocycles. The summed E-state index contributed by atoms with van der Waals surface area (Å²) in [6.07, 6.45) is 0. The highest BCUT2D eigenvalue weighted by molar-refractivity contribution is 5.13. The lowest BCUT2D eigenvalue weighted by Crippen LogP contribution is -2.39. The van der Waals surface area contributed by atoms with E-state index < -0.39 is 0 Å². The Kier molecular flexibility index (Phi) is 2.31. The molecule has 3 nitrogen and oxygen atoms in total. The molecule has 1 aliphatic heterocycles. The van der Waals surface area contributed by atoms with Crippen molar-refractivity contribution in [2.24, 2.45) is 0 Å². The van der Waals surface area contributed by atoms with Crippen LogP contribution in [0.4, 0.5) is 0 Å². The summed E-state index contributed by atoms with van der Waals surface area (Å²) in [6, 6.07) is 9.95. The van der Waals surface area contributed by atoms with Gasteiger partial charge in [0, 0.05) is 5.56 Å². The first kappa shape index (κ1) is 8.69. The molecule has 13 heavy (non-hydrogen) atoms. The van der Waals surface area contributed by atoms with Crippen LogP contribution in [-0.2, 0) is 6.54 Å². The number of nitrogens with one attached hydrogen (secondary N) is 1. The first-order valence-electron chi connectivity index (χ1n) is 4.60. The third-order valence-corrected chi connectivity index (χ3v) is 2.41. The molecule has 1 unspecified atom stereocenters. The van der Waals surface area contributed by atoms with Gasteiger partial charge < -0.3 is 9.85 Å². The summed E-state index contributed by atoms with van der Waals surface area (Å²) in [5.41, 5.74) is 1.13. The Labute approximate surface area is 78.2 Å². The smallest absolute Gasteiger partial charge is 0.132 e. The number of hydrogen-bond acceptors (Lipinski definition) is 2. The van der Waals surface area contributed by atoms with Gasteiger partial charge in [0.2, 0.25) is 0 Å². The van der Waals surface area contributed by atoms with Crippen LogP contribution in [0.2, 0.25) is 0 Å². The van der Waals surface area contributed by atoms with Gasteiger partial charge >= 0.3 is 0 Å². The SMILES string of the molecule is [O-][N+]1(Cc2ccccc2)CCNC1. The molecule has 0 radical (unpaired) electrons. The van der Waals surface area contributed by atoms with Gasteiger partial charge in [0.1, 0.15) is 13.2 Å². The van der Waals surface area contributed by atoms with E-state index >= 15 is 0 Å². The summed E-state index contributed by atoms with van der Waals surface area (Å²) in [5, 5.41) is 15.0. The zero-order chi connectivity index (χ0) is 9.15. The standard InChI is InChI=1S/C10H14N2O/c13-12(7-6-11-9-12)8-10-4-2-1-3-5-10/h1-5,11H,6-9H2. The first-order valence-corrected chi connectivity index (χ1v) is 4.60. The van der Waals surface area contributed by atoms with E-state index in [0.717, 1.165) is 12.1 Å². The van der Waals surface area contributed by atoms with Crippen molar-refractivity contribution in [3.63, 3.8) is 0 Å². The predicted octanol–water partition coefficient (Wildman–Crippen LogP) is 1.06. The van der Waals surface area contributed by atoms with Crippen LogP contribution in [0.15, 0.2) is 30.3 Å². The summed E-state index contributed by atoms with van der Waals surface area (Å²) in [7, 11) is 0. The summed E-state index contributed by atoms with van der Waals surface area (Å²) in [5.74, 6) is 0. The molecule has 1 aliphatic rings. The monoisotopic (exact) mass is 178 g/mol. The molecule has 1 fully saturated rings. The number of nitrogens with zero attached hydrogens (tertiary/aromatic N) is 1. The summed E-state index contributed by atoms with van der Waals surface area (Å²) >= 11 is 0. The van der Waals surface area contributed by atoms with Crippen LogP contribution in [0, 0.1) is 5.21 Å². The zero-order valence-corrected chi connectivity index (χ0v) is 7.57. The second-order valence-corrected chi connectivity index (χ2v) is 3.58. The predicted molar refractivity (Wildman–Crippen MR) is 51.5 cm³/mol. The second-order valence-electron chi connectivity index (χ2n) is 3.58. The largest absolute Gasteiger partial charge is 0.632 e. The van der Waals surface area contributed by atoms with Gasteiger partial charge in [0.05, 0.1) is 13.1 Å². The average molecular weight is 178 g/mol. The van der Waals surface area contributed by atoms with Crippen LogP contribution in [0.25, 0.3) is 0 Å². The van der Waals surface area contributed by atoms with E-state index in [9.17, 15) is 5.21 Å². The van der Waals surface area contributed by atoms with Gasteiger partial charge in [-0.15, -0.1) is 0 Å². The fourth-order valence-corrected chi connectivity index (χ4v) is 1.70. The van der Waals surface area contributed by atoms with Gasteiger partial charge in [-0.05, 0) is 0 Å². The minimum Gasteiger partial charge on any atom is -0.632 e. The number of benzene rings is 1. The highest BCUT2D eigenvalue weighted by Gasteiger charge is 2.21. The molecule has 1 N–H and O–H groups in total. The third kappa shape index (κ3) is 2.06. The highest BCUT2D eigenvalue weighted by Crippen LogP contribution is 2.13. The van der Waals surface area contributed by atoms with Crippen molar-refractivity contribution in [1.82, 2.24) is 5.32 Å². The van der Waals surface area contributed by atoms with Gasteiger partial charge in [-0.2, -0.15) is 0 Å². The molecule has 0 bridgehead atoms. The van der Waals surface area contributed by atoms with Crippen LogP contribution in [0.5, 0.6) is 0 Å². The van der Waals surface area contributed by atoms with Crippen LogP contribution in [-0.4, -0.2) is 24.4 Å². The Hall–Kier alpha value is -0.900. The molecule has 1 aromatic carbocycles. The molecule has 0 amide bonds. The zero-order valence-electron chi connectivity index (χ0n) is 7.57. The molecule has 2 rings (SSSR count). The molecule has 1 atom stereocenters. The Balaban J connectivity index is 2.05. The Morgan fingerprint density at radius 1 is 1.31 bits per heavy atom. The minimum atomic E-state index is -0.121. The maximum atomic E-state index is 11.9. The number of quaternary nitrogens is 1. The van der Waals surface area contributed by atoms with Crippen molar-refractivity contribution >= 4 is 0 Å². The van der Waals surface area contributed by atoms with Crippen LogP contribution < -0.4 is 5.32 Å². The van der Waals surface area contributed by atoms with Crippen molar-refractivity contribution in [1.29, 1.82) is 0 Å². The maximum absolute atomic E-state index is 11.9. The quantitative estimate of drug-likeness (QED) is 0.543. The van der Waals surface area contributed by atoms with Gasteiger partial charge in [-0.25, -0.2) is 0 Å². The van der Waals surface area contributed by atoms with Crippen molar-refractivity contribution in [2.75, 3.05) is 19.8 Å². The lowest BCUT2D eigenvalue weighted by Gasteiger charge is -2.37. The van der Waals surface area contributed by atoms with E-state index in [0.29, 0.717) is 19.8 Å². The molecular formula is C10H14N2O. The number of rotatable bonds is 2. The van der Waals surface area contributed by atoms with E-state index in [2.05, 4.69) is 5.32 Å². The molecule has 0 spiro atoms. The molecule has 3 heteroatoms. The van der Waals surface area contributed by atoms with E-state index in [4.69, 9.17) is 0 Å². The van der Waals surface area contributed by atoms with Crippen molar-refractivity contribution < 1.29 is 4.65 Å². The average Bonchev–Trinajstić information content (AvgIpc) is 2.54. The number of hydroxylamine groups is 3. The fourth-order valence-electron chi connectivity index (χ4n) is 1.70. The maximum Gasteiger partial charge on any atom is 0.132 e. The Bertz CT molecular complexity index is 268. The van der Waals surface area contributed by atoms with Gasteiger partial charge in [-0.3, -0.25) is 5.32 Å². The lowest BCUT2D eigenvalue weighted by molar-refractivity contribution is -0.882. The highest BCUT2D eigenvalue weighted by atomic mass is 16.5. The minimum absolute atomic E-state index is 0.121. The van der Waals surface area contributed by atoms with E-state index in [-0.39, 0.29) is 4.65 Å². The third-order valence-electron chi connectivity index (χ3n) is 2.41. The normalized spacial score (nSPS) is 27.8. The summed E-state index contributed by atoms with van der Waals surface area (Å²) < 4.78 is -0.121. The molecular weight excluding hydrogens is 164 g/mol. The molecule has 1 aromatic rings. The van der Waals surface area contributed by atoms with Crippen molar-refractivity contribution in [3.8, 4) is 0 Å². The van der Waals surface area contributed by atoms with Crippen LogP contribution in [0.3, 0.4) is 0 Å². The van der Waals surface area contributed by atoms with Crippen molar-refractivity contribution in [2.45, 2.75) is 6.54 Å². The molecule has 0 aliphatic carbocycles. The van der Waals surface area contributed by atoms with E-state index in [1.807, 2.05) is 30.3 Å².